The number of hydrogen-bond donors (Lipinski definition) is 0. The molecule has 0 aliphatic heterocycles. The minimum absolute atomic E-state index is 0.204. The van der Waals surface area contributed by atoms with Gasteiger partial charge in [0.25, 0.3) is 0 Å². The average molecular weight is 581 g/mol. The number of benzene rings is 7. The number of hydrogen-bond acceptors (Lipinski definition) is 2. The summed E-state index contributed by atoms with van der Waals surface area (Å²) in [5.41, 5.74) is 8.27. The number of rotatable bonds is 6. The molecule has 0 saturated heterocycles. The first kappa shape index (κ1) is 27.2. The molecule has 1 aliphatic rings. The van der Waals surface area contributed by atoms with Gasteiger partial charge in [0.2, 0.25) is 0 Å². The average Bonchev–Trinajstić information content (AvgIpc) is 3.08. The van der Waals surface area contributed by atoms with Crippen molar-refractivity contribution in [3.05, 3.63) is 163 Å². The summed E-state index contributed by atoms with van der Waals surface area (Å²) in [6, 6.07) is 48.9. The molecule has 7 aromatic rings. The second-order valence-corrected chi connectivity index (χ2v) is 12.6. The van der Waals surface area contributed by atoms with Crippen molar-refractivity contribution in [3.8, 4) is 0 Å². The highest BCUT2D eigenvalue weighted by Gasteiger charge is 2.33. The van der Waals surface area contributed by atoms with Crippen molar-refractivity contribution in [3.63, 3.8) is 0 Å². The van der Waals surface area contributed by atoms with E-state index in [0.717, 1.165) is 17.8 Å². The fourth-order valence-electron chi connectivity index (χ4n) is 7.13. The Hall–Kier alpha value is -5.34. The van der Waals surface area contributed by atoms with Gasteiger partial charge in [-0.15, -0.1) is 0 Å². The predicted molar refractivity (Wildman–Crippen MR) is 194 cm³/mol. The lowest BCUT2D eigenvalue weighted by atomic mass is 9.86. The Morgan fingerprint density at radius 2 is 1.07 bits per heavy atom. The second-order valence-electron chi connectivity index (χ2n) is 12.6. The van der Waals surface area contributed by atoms with Crippen LogP contribution in [0.1, 0.15) is 25.8 Å². The molecule has 0 heterocycles. The molecule has 0 amide bonds. The van der Waals surface area contributed by atoms with Gasteiger partial charge in [0.15, 0.2) is 0 Å². The van der Waals surface area contributed by atoms with Crippen molar-refractivity contribution in [1.29, 1.82) is 0 Å². The van der Waals surface area contributed by atoms with Gasteiger partial charge in [0, 0.05) is 33.5 Å². The Bertz CT molecular complexity index is 2210. The lowest BCUT2D eigenvalue weighted by molar-refractivity contribution is 0.568. The Kier molecular flexibility index (Phi) is 6.46. The number of para-hydroxylation sites is 2. The second kappa shape index (κ2) is 10.7. The van der Waals surface area contributed by atoms with Crippen LogP contribution in [0.5, 0.6) is 0 Å². The Labute approximate surface area is 265 Å². The van der Waals surface area contributed by atoms with Crippen LogP contribution in [0.4, 0.5) is 28.4 Å². The Balaban J connectivity index is 1.40. The molecule has 0 bridgehead atoms. The number of nitrogens with zero attached hydrogens (tertiary/aromatic N) is 2. The summed E-state index contributed by atoms with van der Waals surface area (Å²) in [6.45, 7) is 6.69. The predicted octanol–water partition coefficient (Wildman–Crippen LogP) is 12.2. The van der Waals surface area contributed by atoms with Gasteiger partial charge in [-0.25, -0.2) is 0 Å². The van der Waals surface area contributed by atoms with Gasteiger partial charge in [-0.05, 0) is 97.3 Å². The summed E-state index contributed by atoms with van der Waals surface area (Å²) in [4.78, 5) is 4.94. The van der Waals surface area contributed by atoms with Crippen LogP contribution in [0.2, 0.25) is 0 Å². The zero-order valence-electron chi connectivity index (χ0n) is 26.0. The highest BCUT2D eigenvalue weighted by Crippen LogP contribution is 2.48. The van der Waals surface area contributed by atoms with Gasteiger partial charge in [-0.2, -0.15) is 0 Å². The molecule has 45 heavy (non-hydrogen) atoms. The topological polar surface area (TPSA) is 6.48 Å². The molecule has 0 N–H and O–H groups in total. The normalized spacial score (nSPS) is 16.4. The quantitative estimate of drug-likeness (QED) is 0.181. The van der Waals surface area contributed by atoms with E-state index in [-0.39, 0.29) is 5.54 Å². The van der Waals surface area contributed by atoms with Gasteiger partial charge in [0.1, 0.15) is 0 Å². The van der Waals surface area contributed by atoms with E-state index in [0.29, 0.717) is 0 Å². The zero-order valence-corrected chi connectivity index (χ0v) is 26.0. The van der Waals surface area contributed by atoms with E-state index in [9.17, 15) is 0 Å². The first-order chi connectivity index (χ1) is 22.0. The van der Waals surface area contributed by atoms with E-state index < -0.39 is 0 Å². The molecule has 0 saturated carbocycles. The van der Waals surface area contributed by atoms with Crippen LogP contribution < -0.4 is 9.80 Å². The standard InChI is InChI=1S/C43H36N2/c1-30-14-20-35(21-15-30)44(34-10-6-4-7-11-34)39-24-18-32-17-23-38-40(25-19-33-16-22-37(39)41(32)42(33)38)45(36-12-8-5-9-13-36)43(3)28-26-31(2)27-29-43/h4-28H,29H2,1-3H3. The van der Waals surface area contributed by atoms with Crippen molar-refractivity contribution in [2.75, 3.05) is 9.80 Å². The van der Waals surface area contributed by atoms with Crippen molar-refractivity contribution in [2.45, 2.75) is 32.7 Å². The van der Waals surface area contributed by atoms with Gasteiger partial charge < -0.3 is 9.80 Å². The Morgan fingerprint density at radius 1 is 0.533 bits per heavy atom. The highest BCUT2D eigenvalue weighted by atomic mass is 15.2. The van der Waals surface area contributed by atoms with Crippen molar-refractivity contribution in [1.82, 2.24) is 0 Å². The minimum Gasteiger partial charge on any atom is -0.331 e. The summed E-state index contributed by atoms with van der Waals surface area (Å²) in [5.74, 6) is 0. The first-order valence-corrected chi connectivity index (χ1v) is 15.8. The van der Waals surface area contributed by atoms with E-state index >= 15 is 0 Å². The molecule has 1 atom stereocenters. The van der Waals surface area contributed by atoms with Crippen LogP contribution in [0.25, 0.3) is 32.3 Å². The SMILES string of the molecule is CC1=CCC(C)(N(c2ccccc2)c2ccc3ccc4c(N(c5ccccc5)c5ccc(C)cc5)ccc5ccc2c3c54)C=C1. The van der Waals surface area contributed by atoms with Crippen LogP contribution in [-0.4, -0.2) is 5.54 Å². The molecule has 7 aromatic carbocycles. The van der Waals surface area contributed by atoms with Crippen molar-refractivity contribution >= 4 is 60.8 Å². The van der Waals surface area contributed by atoms with Crippen LogP contribution in [-0.2, 0) is 0 Å². The van der Waals surface area contributed by atoms with Gasteiger partial charge in [0.05, 0.1) is 11.2 Å². The first-order valence-electron chi connectivity index (χ1n) is 15.8. The van der Waals surface area contributed by atoms with Crippen molar-refractivity contribution < 1.29 is 0 Å². The number of anilines is 5. The molecule has 0 spiro atoms. The molecular formula is C43H36N2. The largest absolute Gasteiger partial charge is 0.331 e. The maximum Gasteiger partial charge on any atom is 0.0643 e. The summed E-state index contributed by atoms with van der Waals surface area (Å²) in [6.07, 6.45) is 7.95. The number of aryl methyl sites for hydroxylation is 1. The molecular weight excluding hydrogens is 544 g/mol. The molecule has 2 nitrogen and oxygen atoms in total. The fourth-order valence-corrected chi connectivity index (χ4v) is 7.13. The fraction of sp³-hybridized carbons (Fsp3) is 0.116. The summed E-state index contributed by atoms with van der Waals surface area (Å²) in [7, 11) is 0. The van der Waals surface area contributed by atoms with E-state index in [1.165, 1.54) is 60.5 Å². The van der Waals surface area contributed by atoms with Gasteiger partial charge in [-0.3, -0.25) is 0 Å². The molecule has 1 unspecified atom stereocenters. The monoisotopic (exact) mass is 580 g/mol. The maximum absolute atomic E-state index is 2.54. The van der Waals surface area contributed by atoms with E-state index in [1.54, 1.807) is 0 Å². The van der Waals surface area contributed by atoms with Crippen LogP contribution in [0.15, 0.2) is 157 Å². The minimum atomic E-state index is -0.204. The van der Waals surface area contributed by atoms with Crippen molar-refractivity contribution in [2.24, 2.45) is 0 Å². The van der Waals surface area contributed by atoms with E-state index in [2.05, 4.69) is 182 Å². The number of allylic oxidation sites excluding steroid dienone is 2. The van der Waals surface area contributed by atoms with Crippen LogP contribution in [0, 0.1) is 6.92 Å². The third kappa shape index (κ3) is 4.57. The third-order valence-corrected chi connectivity index (χ3v) is 9.47. The molecule has 1 aliphatic carbocycles. The summed E-state index contributed by atoms with van der Waals surface area (Å²) >= 11 is 0. The molecule has 0 radical (unpaired) electrons. The van der Waals surface area contributed by atoms with Gasteiger partial charge >= 0.3 is 0 Å². The lowest BCUT2D eigenvalue weighted by Gasteiger charge is -2.43. The van der Waals surface area contributed by atoms with Crippen LogP contribution in [0.3, 0.4) is 0 Å². The molecule has 0 aromatic heterocycles. The van der Waals surface area contributed by atoms with E-state index in [1.807, 2.05) is 0 Å². The lowest BCUT2D eigenvalue weighted by Crippen LogP contribution is -2.42. The molecule has 8 rings (SSSR count). The highest BCUT2D eigenvalue weighted by molar-refractivity contribution is 6.28. The van der Waals surface area contributed by atoms with Crippen LogP contribution >= 0.6 is 0 Å². The zero-order chi connectivity index (χ0) is 30.5. The summed E-state index contributed by atoms with van der Waals surface area (Å²) in [5, 5.41) is 7.67. The molecule has 2 heteroatoms. The summed E-state index contributed by atoms with van der Waals surface area (Å²) < 4.78 is 0. The third-order valence-electron chi connectivity index (χ3n) is 9.47. The van der Waals surface area contributed by atoms with E-state index in [4.69, 9.17) is 0 Å². The Morgan fingerprint density at radius 3 is 1.67 bits per heavy atom. The van der Waals surface area contributed by atoms with Gasteiger partial charge in [-0.1, -0.05) is 114 Å². The maximum atomic E-state index is 2.54. The molecule has 218 valence electrons. The molecule has 0 fully saturated rings. The smallest absolute Gasteiger partial charge is 0.0643 e.